The summed E-state index contributed by atoms with van der Waals surface area (Å²) in [7, 11) is 0. The number of hydrogen-bond donors (Lipinski definition) is 2. The van der Waals surface area contributed by atoms with E-state index in [0.29, 0.717) is 14.8 Å². The Balaban J connectivity index is 1.88. The molecule has 0 bridgehead atoms. The number of aliphatic hydroxyl groups excluding tert-OH is 1. The molecule has 1 atom stereocenters. The predicted octanol–water partition coefficient (Wildman–Crippen LogP) is 2.46. The number of rotatable bonds is 4. The van der Waals surface area contributed by atoms with Gasteiger partial charge in [-0.15, -0.1) is 11.3 Å². The van der Waals surface area contributed by atoms with Crippen LogP contribution in [0.2, 0.25) is 4.34 Å². The van der Waals surface area contributed by atoms with Crippen LogP contribution in [0, 0.1) is 0 Å². The van der Waals surface area contributed by atoms with Crippen LogP contribution in [0.4, 0.5) is 0 Å². The average Bonchev–Trinajstić information content (AvgIpc) is 2.95. The topological polar surface area (TPSA) is 62.5 Å². The molecule has 0 saturated heterocycles. The van der Waals surface area contributed by atoms with Gasteiger partial charge in [-0.25, -0.2) is 0 Å². The Morgan fingerprint density at radius 3 is 2.94 bits per heavy atom. The molecule has 0 saturated carbocycles. The highest BCUT2D eigenvalue weighted by Gasteiger charge is 2.12. The molecular weight excluding hydrogens is 262 g/mol. The van der Waals surface area contributed by atoms with Crippen molar-refractivity contribution in [3.05, 3.63) is 45.5 Å². The summed E-state index contributed by atoms with van der Waals surface area (Å²) in [4.78, 5) is 12.2. The van der Waals surface area contributed by atoms with E-state index in [1.165, 1.54) is 23.9 Å². The lowest BCUT2D eigenvalue weighted by Crippen LogP contribution is -2.27. The van der Waals surface area contributed by atoms with E-state index >= 15 is 0 Å². The second-order valence-corrected chi connectivity index (χ2v) is 5.10. The number of aliphatic hydroxyl groups is 1. The van der Waals surface area contributed by atoms with Gasteiger partial charge in [0.2, 0.25) is 0 Å². The van der Waals surface area contributed by atoms with Crippen LogP contribution in [0.1, 0.15) is 21.3 Å². The molecular formula is C11H10ClNO3S. The summed E-state index contributed by atoms with van der Waals surface area (Å²) in [6.45, 7) is 0.133. The van der Waals surface area contributed by atoms with Crippen molar-refractivity contribution in [1.29, 1.82) is 0 Å². The second kappa shape index (κ2) is 5.35. The van der Waals surface area contributed by atoms with Gasteiger partial charge in [-0.2, -0.15) is 0 Å². The maximum atomic E-state index is 11.6. The fourth-order valence-corrected chi connectivity index (χ4v) is 2.25. The second-order valence-electron chi connectivity index (χ2n) is 3.39. The third kappa shape index (κ3) is 3.09. The maximum Gasteiger partial charge on any atom is 0.261 e. The van der Waals surface area contributed by atoms with Crippen molar-refractivity contribution in [3.8, 4) is 0 Å². The number of halogens is 1. The highest BCUT2D eigenvalue weighted by molar-refractivity contribution is 7.17. The van der Waals surface area contributed by atoms with Crippen LogP contribution in [-0.2, 0) is 0 Å². The quantitative estimate of drug-likeness (QED) is 0.898. The molecule has 1 amide bonds. The first kappa shape index (κ1) is 12.2. The lowest BCUT2D eigenvalue weighted by atomic mass is 10.2. The van der Waals surface area contributed by atoms with E-state index in [2.05, 4.69) is 5.32 Å². The molecule has 2 aromatic heterocycles. The summed E-state index contributed by atoms with van der Waals surface area (Å²) in [6, 6.07) is 4.96. The minimum atomic E-state index is -0.770. The van der Waals surface area contributed by atoms with Crippen LogP contribution in [0.25, 0.3) is 0 Å². The van der Waals surface area contributed by atoms with Crippen molar-refractivity contribution in [3.63, 3.8) is 0 Å². The smallest absolute Gasteiger partial charge is 0.261 e. The molecule has 0 spiro atoms. The van der Waals surface area contributed by atoms with Gasteiger partial charge in [0, 0.05) is 12.1 Å². The lowest BCUT2D eigenvalue weighted by molar-refractivity contribution is 0.0920. The predicted molar refractivity (Wildman–Crippen MR) is 65.3 cm³/mol. The number of amides is 1. The Hall–Kier alpha value is -1.30. The molecule has 2 N–H and O–H groups in total. The summed E-state index contributed by atoms with van der Waals surface area (Å²) in [5.41, 5.74) is 0.634. The highest BCUT2D eigenvalue weighted by atomic mass is 35.5. The average molecular weight is 272 g/mol. The summed E-state index contributed by atoms with van der Waals surface area (Å²) >= 11 is 6.92. The summed E-state index contributed by atoms with van der Waals surface area (Å²) in [6.07, 6.45) is 2.14. The zero-order valence-electron chi connectivity index (χ0n) is 8.72. The molecule has 90 valence electrons. The molecule has 6 heteroatoms. The lowest BCUT2D eigenvalue weighted by Gasteiger charge is -2.08. The van der Waals surface area contributed by atoms with Crippen LogP contribution in [0.15, 0.2) is 35.1 Å². The highest BCUT2D eigenvalue weighted by Crippen LogP contribution is 2.21. The van der Waals surface area contributed by atoms with Crippen molar-refractivity contribution in [2.75, 3.05) is 6.54 Å². The zero-order valence-corrected chi connectivity index (χ0v) is 10.3. The van der Waals surface area contributed by atoms with Gasteiger partial charge in [0.25, 0.3) is 5.91 Å². The first-order chi connectivity index (χ1) is 8.16. The molecule has 0 aliphatic heterocycles. The molecule has 2 aromatic rings. The van der Waals surface area contributed by atoms with E-state index < -0.39 is 6.10 Å². The van der Waals surface area contributed by atoms with Crippen LogP contribution >= 0.6 is 22.9 Å². The third-order valence-electron chi connectivity index (χ3n) is 2.18. The SMILES string of the molecule is O=C(NCC(O)c1ccoc1)c1ccc(Cl)s1. The Kier molecular flexibility index (Phi) is 3.83. The largest absolute Gasteiger partial charge is 0.472 e. The standard InChI is InChI=1S/C11H10ClNO3S/c12-10-2-1-9(17-10)11(15)13-5-8(14)7-3-4-16-6-7/h1-4,6,8,14H,5H2,(H,13,15). The van der Waals surface area contributed by atoms with Crippen LogP contribution in [-0.4, -0.2) is 17.6 Å². The van der Waals surface area contributed by atoms with Crippen LogP contribution < -0.4 is 5.32 Å². The molecule has 0 aromatic carbocycles. The molecule has 4 nitrogen and oxygen atoms in total. The van der Waals surface area contributed by atoms with Crippen molar-refractivity contribution in [2.45, 2.75) is 6.10 Å². The summed E-state index contributed by atoms with van der Waals surface area (Å²) in [5, 5.41) is 12.3. The van der Waals surface area contributed by atoms with Crippen LogP contribution in [0.5, 0.6) is 0 Å². The first-order valence-electron chi connectivity index (χ1n) is 4.90. The Morgan fingerprint density at radius 1 is 1.53 bits per heavy atom. The van der Waals surface area contributed by atoms with Crippen molar-refractivity contribution in [2.24, 2.45) is 0 Å². The molecule has 0 aliphatic carbocycles. The number of carbonyl (C=O) groups is 1. The van der Waals surface area contributed by atoms with Gasteiger partial charge < -0.3 is 14.8 Å². The fourth-order valence-electron chi connectivity index (χ4n) is 1.30. The molecule has 0 aliphatic rings. The molecule has 2 heterocycles. The van der Waals surface area contributed by atoms with E-state index in [4.69, 9.17) is 16.0 Å². The van der Waals surface area contributed by atoms with Gasteiger partial charge in [0.15, 0.2) is 0 Å². The van der Waals surface area contributed by atoms with Gasteiger partial charge in [0.1, 0.15) is 0 Å². The molecule has 0 radical (unpaired) electrons. The van der Waals surface area contributed by atoms with Gasteiger partial charge in [-0.3, -0.25) is 4.79 Å². The number of nitrogens with one attached hydrogen (secondary N) is 1. The molecule has 2 rings (SSSR count). The van der Waals surface area contributed by atoms with E-state index in [0.717, 1.165) is 0 Å². The fraction of sp³-hybridized carbons (Fsp3) is 0.182. The number of thiophene rings is 1. The third-order valence-corrected chi connectivity index (χ3v) is 3.41. The minimum absolute atomic E-state index is 0.133. The first-order valence-corrected chi connectivity index (χ1v) is 6.10. The van der Waals surface area contributed by atoms with Gasteiger partial charge in [-0.05, 0) is 18.2 Å². The Bertz CT molecular complexity index is 495. The van der Waals surface area contributed by atoms with E-state index in [-0.39, 0.29) is 12.5 Å². The minimum Gasteiger partial charge on any atom is -0.472 e. The molecule has 0 fully saturated rings. The Morgan fingerprint density at radius 2 is 2.35 bits per heavy atom. The number of hydrogen-bond acceptors (Lipinski definition) is 4. The molecule has 1 unspecified atom stereocenters. The normalized spacial score (nSPS) is 12.4. The van der Waals surface area contributed by atoms with Crippen molar-refractivity contribution >= 4 is 28.8 Å². The van der Waals surface area contributed by atoms with Gasteiger partial charge in [-0.1, -0.05) is 11.6 Å². The summed E-state index contributed by atoms with van der Waals surface area (Å²) < 4.78 is 5.40. The maximum absolute atomic E-state index is 11.6. The van der Waals surface area contributed by atoms with E-state index in [9.17, 15) is 9.90 Å². The summed E-state index contributed by atoms with van der Waals surface area (Å²) in [5.74, 6) is -0.246. The van der Waals surface area contributed by atoms with Gasteiger partial charge >= 0.3 is 0 Å². The monoisotopic (exact) mass is 271 g/mol. The number of furan rings is 1. The van der Waals surface area contributed by atoms with Crippen molar-refractivity contribution < 1.29 is 14.3 Å². The Labute approximate surface area is 107 Å². The molecule has 17 heavy (non-hydrogen) atoms. The zero-order chi connectivity index (χ0) is 12.3. The number of carbonyl (C=O) groups excluding carboxylic acids is 1. The van der Waals surface area contributed by atoms with Crippen molar-refractivity contribution in [1.82, 2.24) is 5.32 Å². The van der Waals surface area contributed by atoms with Gasteiger partial charge in [0.05, 0.1) is 27.8 Å². The van der Waals surface area contributed by atoms with Crippen LogP contribution in [0.3, 0.4) is 0 Å². The van der Waals surface area contributed by atoms with E-state index in [1.807, 2.05) is 0 Å². The van der Waals surface area contributed by atoms with E-state index in [1.54, 1.807) is 18.2 Å².